The minimum atomic E-state index is -0.193. The Morgan fingerprint density at radius 1 is 1.41 bits per heavy atom. The quantitative estimate of drug-likeness (QED) is 0.803. The van der Waals surface area contributed by atoms with Gasteiger partial charge in [0.05, 0.1) is 18.8 Å². The minimum Gasteiger partial charge on any atom is -0.391 e. The summed E-state index contributed by atoms with van der Waals surface area (Å²) in [7, 11) is 0. The van der Waals surface area contributed by atoms with Crippen molar-refractivity contribution in [3.05, 3.63) is 0 Å². The van der Waals surface area contributed by atoms with Gasteiger partial charge in [0.2, 0.25) is 0 Å². The summed E-state index contributed by atoms with van der Waals surface area (Å²) in [5.41, 5.74) is 0.0739. The smallest absolute Gasteiger partial charge is 0.0746 e. The van der Waals surface area contributed by atoms with Gasteiger partial charge in [-0.3, -0.25) is 4.90 Å². The van der Waals surface area contributed by atoms with Crippen molar-refractivity contribution in [1.82, 2.24) is 4.90 Å². The monoisotopic (exact) mass is 241 g/mol. The molecule has 0 aromatic rings. The molecule has 1 saturated carbocycles. The molecule has 4 unspecified atom stereocenters. The molecule has 4 atom stereocenters. The van der Waals surface area contributed by atoms with Crippen LogP contribution in [0.3, 0.4) is 0 Å². The number of aliphatic hydroxyl groups is 1. The first kappa shape index (κ1) is 13.3. The molecule has 0 spiro atoms. The molecule has 3 nitrogen and oxygen atoms in total. The van der Waals surface area contributed by atoms with Crippen LogP contribution in [-0.4, -0.2) is 47.4 Å². The van der Waals surface area contributed by atoms with E-state index in [-0.39, 0.29) is 11.5 Å². The molecular formula is C14H27NO2. The average Bonchev–Trinajstić information content (AvgIpc) is 2.54. The third-order valence-corrected chi connectivity index (χ3v) is 4.66. The van der Waals surface area contributed by atoms with Gasteiger partial charge >= 0.3 is 0 Å². The highest BCUT2D eigenvalue weighted by molar-refractivity contribution is 4.99. The zero-order valence-electron chi connectivity index (χ0n) is 11.6. The van der Waals surface area contributed by atoms with E-state index in [1.165, 1.54) is 0 Å². The summed E-state index contributed by atoms with van der Waals surface area (Å²) in [6.45, 7) is 10.5. The second-order valence-electron chi connectivity index (χ2n) is 6.44. The number of hydrogen-bond donors (Lipinski definition) is 1. The average molecular weight is 241 g/mol. The van der Waals surface area contributed by atoms with E-state index in [0.29, 0.717) is 18.2 Å². The number of aliphatic hydroxyl groups excluding tert-OH is 1. The van der Waals surface area contributed by atoms with E-state index in [1.54, 1.807) is 0 Å². The molecule has 1 aliphatic heterocycles. The van der Waals surface area contributed by atoms with Crippen LogP contribution in [0.4, 0.5) is 0 Å². The number of nitrogens with zero attached hydrogens (tertiary/aromatic N) is 1. The van der Waals surface area contributed by atoms with Gasteiger partial charge < -0.3 is 9.84 Å². The van der Waals surface area contributed by atoms with Gasteiger partial charge in [-0.05, 0) is 31.6 Å². The van der Waals surface area contributed by atoms with Crippen LogP contribution in [0.2, 0.25) is 0 Å². The summed E-state index contributed by atoms with van der Waals surface area (Å²) < 4.78 is 5.74. The van der Waals surface area contributed by atoms with Crippen molar-refractivity contribution in [2.24, 2.45) is 5.41 Å². The fourth-order valence-corrected chi connectivity index (χ4v) is 3.32. The number of rotatable bonds is 2. The third kappa shape index (κ3) is 2.51. The molecular weight excluding hydrogens is 214 g/mol. The van der Waals surface area contributed by atoms with Crippen molar-refractivity contribution in [2.75, 3.05) is 13.2 Å². The van der Waals surface area contributed by atoms with Crippen molar-refractivity contribution >= 4 is 0 Å². The fourth-order valence-electron chi connectivity index (χ4n) is 3.32. The second kappa shape index (κ2) is 4.87. The van der Waals surface area contributed by atoms with E-state index in [4.69, 9.17) is 4.74 Å². The van der Waals surface area contributed by atoms with Crippen LogP contribution >= 0.6 is 0 Å². The Bertz CT molecular complexity index is 267. The number of ether oxygens (including phenoxy) is 1. The Kier molecular flexibility index (Phi) is 3.81. The fraction of sp³-hybridized carbons (Fsp3) is 1.00. The van der Waals surface area contributed by atoms with Crippen LogP contribution < -0.4 is 0 Å². The lowest BCUT2D eigenvalue weighted by Gasteiger charge is -2.44. The van der Waals surface area contributed by atoms with Gasteiger partial charge in [-0.25, -0.2) is 0 Å². The standard InChI is InChI=1S/C14H27NO2/c1-5-11-9-17-10(2)8-15(11)12-6-7-14(3,4)13(12)16/h10-13,16H,5-9H2,1-4H3. The summed E-state index contributed by atoms with van der Waals surface area (Å²) in [4.78, 5) is 2.51. The van der Waals surface area contributed by atoms with E-state index in [1.807, 2.05) is 0 Å². The maximum absolute atomic E-state index is 10.5. The molecule has 100 valence electrons. The van der Waals surface area contributed by atoms with E-state index in [0.717, 1.165) is 32.4 Å². The van der Waals surface area contributed by atoms with Crippen LogP contribution in [0, 0.1) is 5.41 Å². The Morgan fingerprint density at radius 2 is 2.12 bits per heavy atom. The molecule has 17 heavy (non-hydrogen) atoms. The Morgan fingerprint density at radius 3 is 2.65 bits per heavy atom. The Labute approximate surface area is 105 Å². The molecule has 1 N–H and O–H groups in total. The van der Waals surface area contributed by atoms with E-state index in [9.17, 15) is 5.11 Å². The molecule has 0 amide bonds. The van der Waals surface area contributed by atoms with Crippen LogP contribution in [-0.2, 0) is 4.74 Å². The molecule has 2 rings (SSSR count). The first-order valence-corrected chi connectivity index (χ1v) is 7.01. The maximum atomic E-state index is 10.5. The molecule has 1 aliphatic carbocycles. The highest BCUT2D eigenvalue weighted by atomic mass is 16.5. The van der Waals surface area contributed by atoms with Gasteiger partial charge in [0, 0.05) is 18.6 Å². The lowest BCUT2D eigenvalue weighted by atomic mass is 9.88. The summed E-state index contributed by atoms with van der Waals surface area (Å²) in [6, 6.07) is 0.820. The molecule has 1 heterocycles. The lowest BCUT2D eigenvalue weighted by Crippen LogP contribution is -2.56. The van der Waals surface area contributed by atoms with Crippen molar-refractivity contribution < 1.29 is 9.84 Å². The minimum absolute atomic E-state index is 0.0739. The summed E-state index contributed by atoms with van der Waals surface area (Å²) in [6.07, 6.45) is 3.46. The van der Waals surface area contributed by atoms with Gasteiger partial charge in [-0.15, -0.1) is 0 Å². The van der Waals surface area contributed by atoms with Crippen LogP contribution in [0.5, 0.6) is 0 Å². The molecule has 2 fully saturated rings. The van der Waals surface area contributed by atoms with E-state index in [2.05, 4.69) is 32.6 Å². The van der Waals surface area contributed by atoms with Crippen molar-refractivity contribution in [1.29, 1.82) is 0 Å². The van der Waals surface area contributed by atoms with Crippen molar-refractivity contribution in [2.45, 2.75) is 71.2 Å². The van der Waals surface area contributed by atoms with Crippen LogP contribution in [0.15, 0.2) is 0 Å². The zero-order chi connectivity index (χ0) is 12.6. The maximum Gasteiger partial charge on any atom is 0.0746 e. The first-order valence-electron chi connectivity index (χ1n) is 7.01. The van der Waals surface area contributed by atoms with Gasteiger partial charge in [0.15, 0.2) is 0 Å². The largest absolute Gasteiger partial charge is 0.391 e. The van der Waals surface area contributed by atoms with Gasteiger partial charge in [0.25, 0.3) is 0 Å². The molecule has 2 aliphatic rings. The zero-order valence-corrected chi connectivity index (χ0v) is 11.6. The van der Waals surface area contributed by atoms with Crippen LogP contribution in [0.25, 0.3) is 0 Å². The van der Waals surface area contributed by atoms with Crippen molar-refractivity contribution in [3.8, 4) is 0 Å². The third-order valence-electron chi connectivity index (χ3n) is 4.66. The predicted molar refractivity (Wildman–Crippen MR) is 69.0 cm³/mol. The van der Waals surface area contributed by atoms with E-state index >= 15 is 0 Å². The summed E-state index contributed by atoms with van der Waals surface area (Å²) >= 11 is 0. The normalized spacial score (nSPS) is 42.9. The lowest BCUT2D eigenvalue weighted by molar-refractivity contribution is -0.0951. The Hall–Kier alpha value is -0.120. The van der Waals surface area contributed by atoms with Gasteiger partial charge in [-0.1, -0.05) is 20.8 Å². The van der Waals surface area contributed by atoms with Crippen molar-refractivity contribution in [3.63, 3.8) is 0 Å². The van der Waals surface area contributed by atoms with E-state index < -0.39 is 0 Å². The van der Waals surface area contributed by atoms with Crippen LogP contribution in [0.1, 0.15) is 47.0 Å². The topological polar surface area (TPSA) is 32.7 Å². The highest BCUT2D eigenvalue weighted by Crippen LogP contribution is 2.41. The summed E-state index contributed by atoms with van der Waals surface area (Å²) in [5, 5.41) is 10.5. The molecule has 3 heteroatoms. The van der Waals surface area contributed by atoms with Gasteiger partial charge in [-0.2, -0.15) is 0 Å². The molecule has 0 aromatic heterocycles. The number of morpholine rings is 1. The number of hydrogen-bond acceptors (Lipinski definition) is 3. The predicted octanol–water partition coefficient (Wildman–Crippen LogP) is 2.04. The molecule has 0 bridgehead atoms. The molecule has 1 saturated heterocycles. The second-order valence-corrected chi connectivity index (χ2v) is 6.44. The Balaban J connectivity index is 2.09. The van der Waals surface area contributed by atoms with Gasteiger partial charge in [0.1, 0.15) is 0 Å². The molecule has 0 radical (unpaired) electrons. The highest BCUT2D eigenvalue weighted by Gasteiger charge is 2.45. The summed E-state index contributed by atoms with van der Waals surface area (Å²) in [5.74, 6) is 0. The first-order chi connectivity index (χ1) is 7.95. The SMILES string of the molecule is CCC1COC(C)CN1C1CCC(C)(C)C1O. The molecule has 0 aromatic carbocycles.